The molecule has 0 saturated heterocycles. The number of rotatable bonds is 7. The highest BCUT2D eigenvalue weighted by molar-refractivity contribution is 7.92. The highest BCUT2D eigenvalue weighted by atomic mass is 32.2. The molecule has 0 radical (unpaired) electrons. The Labute approximate surface area is 192 Å². The van der Waals surface area contributed by atoms with Crippen LogP contribution in [-0.4, -0.2) is 43.3 Å². The van der Waals surface area contributed by atoms with Crippen molar-refractivity contribution < 1.29 is 31.1 Å². The zero-order valence-corrected chi connectivity index (χ0v) is 18.4. The van der Waals surface area contributed by atoms with E-state index in [0.29, 0.717) is 22.0 Å². The number of ether oxygens (including phenoxy) is 2. The zero-order valence-electron chi connectivity index (χ0n) is 17.6. The van der Waals surface area contributed by atoms with Crippen LogP contribution < -0.4 is 14.2 Å². The van der Waals surface area contributed by atoms with Crippen molar-refractivity contribution in [2.24, 2.45) is 0 Å². The number of methoxy groups -OCH3 is 1. The maximum atomic E-state index is 12.8. The van der Waals surface area contributed by atoms with E-state index in [0.717, 1.165) is 0 Å². The van der Waals surface area contributed by atoms with E-state index in [1.54, 1.807) is 12.1 Å². The first-order chi connectivity index (χ1) is 16.2. The van der Waals surface area contributed by atoms with E-state index in [9.17, 15) is 21.6 Å². The van der Waals surface area contributed by atoms with Crippen molar-refractivity contribution in [3.05, 3.63) is 67.3 Å². The number of fused-ring (bicyclic) bond motifs is 1. The number of hydrogen-bond acceptors (Lipinski definition) is 7. The molecular formula is C22H17F3N4O4S. The number of nitrogens with one attached hydrogen (secondary N) is 1. The van der Waals surface area contributed by atoms with E-state index >= 15 is 0 Å². The van der Waals surface area contributed by atoms with Crippen molar-refractivity contribution in [1.29, 1.82) is 0 Å². The fourth-order valence-corrected chi connectivity index (χ4v) is 4.25. The summed E-state index contributed by atoms with van der Waals surface area (Å²) in [5.41, 5.74) is 0.964. The predicted molar refractivity (Wildman–Crippen MR) is 118 cm³/mol. The molecule has 0 aliphatic carbocycles. The first-order valence-electron chi connectivity index (χ1n) is 9.72. The van der Waals surface area contributed by atoms with Crippen molar-refractivity contribution in [3.8, 4) is 22.8 Å². The van der Waals surface area contributed by atoms with Gasteiger partial charge in [0.15, 0.2) is 6.61 Å². The number of alkyl halides is 3. The van der Waals surface area contributed by atoms with Gasteiger partial charge in [0.1, 0.15) is 23.6 Å². The maximum Gasteiger partial charge on any atom is 0.422 e. The fourth-order valence-electron chi connectivity index (χ4n) is 3.21. The largest absolute Gasteiger partial charge is 0.496 e. The molecule has 4 aromatic rings. The van der Waals surface area contributed by atoms with Crippen molar-refractivity contribution in [2.75, 3.05) is 18.4 Å². The molecule has 8 nitrogen and oxygen atoms in total. The van der Waals surface area contributed by atoms with Gasteiger partial charge in [-0.05, 0) is 41.8 Å². The Morgan fingerprint density at radius 2 is 1.82 bits per heavy atom. The molecule has 1 N–H and O–H groups in total. The van der Waals surface area contributed by atoms with Crippen LogP contribution in [0.4, 0.5) is 19.0 Å². The van der Waals surface area contributed by atoms with Gasteiger partial charge < -0.3 is 9.47 Å². The van der Waals surface area contributed by atoms with Crippen LogP contribution in [0, 0.1) is 0 Å². The molecule has 2 aromatic carbocycles. The molecule has 4 rings (SSSR count). The quantitative estimate of drug-likeness (QED) is 0.408. The van der Waals surface area contributed by atoms with Crippen LogP contribution in [0.3, 0.4) is 0 Å². The normalized spacial score (nSPS) is 11.9. The molecule has 34 heavy (non-hydrogen) atoms. The fraction of sp³-hybridized carbons (Fsp3) is 0.136. The lowest BCUT2D eigenvalue weighted by Gasteiger charge is -2.14. The molecule has 0 aliphatic heterocycles. The van der Waals surface area contributed by atoms with Gasteiger partial charge in [0, 0.05) is 29.4 Å². The summed E-state index contributed by atoms with van der Waals surface area (Å²) in [4.78, 5) is 12.0. The zero-order chi connectivity index (χ0) is 24.3. The third kappa shape index (κ3) is 5.17. The predicted octanol–water partition coefficient (Wildman–Crippen LogP) is 4.44. The molecule has 12 heteroatoms. The molecule has 0 fully saturated rings. The first kappa shape index (κ1) is 23.2. The average Bonchev–Trinajstić information content (AvgIpc) is 2.81. The van der Waals surface area contributed by atoms with Gasteiger partial charge in [-0.15, -0.1) is 0 Å². The van der Waals surface area contributed by atoms with Crippen LogP contribution in [0.1, 0.15) is 0 Å². The Morgan fingerprint density at radius 1 is 1.00 bits per heavy atom. The lowest BCUT2D eigenvalue weighted by atomic mass is 10.0. The Hall–Kier alpha value is -3.93. The van der Waals surface area contributed by atoms with Gasteiger partial charge in [-0.3, -0.25) is 9.71 Å². The Balaban J connectivity index is 1.70. The Kier molecular flexibility index (Phi) is 6.24. The van der Waals surface area contributed by atoms with E-state index in [1.165, 1.54) is 62.2 Å². The first-order valence-corrected chi connectivity index (χ1v) is 11.2. The summed E-state index contributed by atoms with van der Waals surface area (Å²) in [7, 11) is -2.54. The minimum absolute atomic E-state index is 0.0117. The minimum atomic E-state index is -4.47. The molecular weight excluding hydrogens is 473 g/mol. The molecule has 0 atom stereocenters. The van der Waals surface area contributed by atoms with Crippen LogP contribution in [-0.2, 0) is 10.0 Å². The molecule has 0 unspecified atom stereocenters. The highest BCUT2D eigenvalue weighted by Gasteiger charge is 2.28. The van der Waals surface area contributed by atoms with Gasteiger partial charge in [0.05, 0.1) is 17.7 Å². The van der Waals surface area contributed by atoms with Crippen molar-refractivity contribution in [1.82, 2.24) is 15.0 Å². The van der Waals surface area contributed by atoms with Gasteiger partial charge in [-0.25, -0.2) is 18.4 Å². The van der Waals surface area contributed by atoms with E-state index in [-0.39, 0.29) is 22.2 Å². The molecule has 0 saturated carbocycles. The Morgan fingerprint density at radius 3 is 2.53 bits per heavy atom. The molecule has 0 spiro atoms. The second kappa shape index (κ2) is 9.14. The summed E-state index contributed by atoms with van der Waals surface area (Å²) < 4.78 is 75.4. The monoisotopic (exact) mass is 490 g/mol. The van der Waals surface area contributed by atoms with Crippen LogP contribution in [0.5, 0.6) is 11.5 Å². The lowest BCUT2D eigenvalue weighted by molar-refractivity contribution is -0.153. The smallest absolute Gasteiger partial charge is 0.422 e. The van der Waals surface area contributed by atoms with Gasteiger partial charge in [0.25, 0.3) is 10.0 Å². The number of aromatic nitrogens is 3. The number of anilines is 1. The summed E-state index contributed by atoms with van der Waals surface area (Å²) in [6, 6.07) is 11.8. The molecule has 0 aliphatic rings. The topological polar surface area (TPSA) is 103 Å². The average molecular weight is 490 g/mol. The third-order valence-electron chi connectivity index (χ3n) is 4.70. The summed E-state index contributed by atoms with van der Waals surface area (Å²) in [6.45, 7) is -1.43. The van der Waals surface area contributed by atoms with Crippen molar-refractivity contribution in [3.63, 3.8) is 0 Å². The summed E-state index contributed by atoms with van der Waals surface area (Å²) in [6.07, 6.45) is -0.331. The van der Waals surface area contributed by atoms with Crippen molar-refractivity contribution in [2.45, 2.75) is 11.1 Å². The number of pyridine rings is 1. The van der Waals surface area contributed by atoms with E-state index in [2.05, 4.69) is 19.7 Å². The summed E-state index contributed by atoms with van der Waals surface area (Å²) in [5, 5.41) is 1.20. The second-order valence-corrected chi connectivity index (χ2v) is 8.69. The molecule has 0 amide bonds. The number of nitrogens with zero attached hydrogens (tertiary/aromatic N) is 3. The summed E-state index contributed by atoms with van der Waals surface area (Å²) in [5.74, 6) is 0.368. The molecule has 176 valence electrons. The van der Waals surface area contributed by atoms with Gasteiger partial charge in [0.2, 0.25) is 0 Å². The van der Waals surface area contributed by atoms with E-state index < -0.39 is 22.8 Å². The molecule has 2 aromatic heterocycles. The van der Waals surface area contributed by atoms with Gasteiger partial charge >= 0.3 is 6.18 Å². The summed E-state index contributed by atoms with van der Waals surface area (Å²) >= 11 is 0. The van der Waals surface area contributed by atoms with E-state index in [1.807, 2.05) is 0 Å². The van der Waals surface area contributed by atoms with Crippen LogP contribution in [0.25, 0.3) is 22.0 Å². The van der Waals surface area contributed by atoms with Crippen LogP contribution in [0.2, 0.25) is 0 Å². The SMILES string of the molecule is COc1cc(OCC(F)(F)F)ccc1-c1nccc2cc(S(=O)(=O)Nc3ccncn3)ccc12. The molecule has 0 bridgehead atoms. The van der Waals surface area contributed by atoms with E-state index in [4.69, 9.17) is 9.47 Å². The number of sulfonamides is 1. The number of hydrogen-bond donors (Lipinski definition) is 1. The van der Waals surface area contributed by atoms with Gasteiger partial charge in [-0.2, -0.15) is 13.2 Å². The Bertz CT molecular complexity index is 1430. The van der Waals surface area contributed by atoms with Crippen molar-refractivity contribution >= 4 is 26.6 Å². The number of halogens is 3. The minimum Gasteiger partial charge on any atom is -0.496 e. The number of benzene rings is 2. The van der Waals surface area contributed by atoms with Crippen LogP contribution >= 0.6 is 0 Å². The van der Waals surface area contributed by atoms with Crippen LogP contribution in [0.15, 0.2) is 72.1 Å². The highest BCUT2D eigenvalue weighted by Crippen LogP contribution is 2.36. The second-order valence-electron chi connectivity index (χ2n) is 7.01. The van der Waals surface area contributed by atoms with Gasteiger partial charge in [-0.1, -0.05) is 6.07 Å². The lowest BCUT2D eigenvalue weighted by Crippen LogP contribution is -2.19. The molecule has 2 heterocycles. The maximum absolute atomic E-state index is 12.8. The third-order valence-corrected chi connectivity index (χ3v) is 6.05. The standard InChI is InChI=1S/C22H17F3N4O4S/c1-32-19-11-15(33-12-22(23,24)25)2-4-18(19)21-17-5-3-16(10-14(17)6-9-27-21)34(30,31)29-20-7-8-26-13-28-20/h2-11,13H,12H2,1H3,(H,26,28,29).